The molecule has 1 aliphatic carbocycles. The summed E-state index contributed by atoms with van der Waals surface area (Å²) in [5, 5.41) is 11.8. The minimum absolute atomic E-state index is 0.233. The molecule has 0 atom stereocenters. The second-order valence-corrected chi connectivity index (χ2v) is 10.5. The molecule has 4 rings (SSSR count). The zero-order chi connectivity index (χ0) is 24.3. The van der Waals surface area contributed by atoms with Crippen molar-refractivity contribution in [2.45, 2.75) is 57.8 Å². The highest BCUT2D eigenvalue weighted by Gasteiger charge is 2.23. The first-order valence-electron chi connectivity index (χ1n) is 11.4. The minimum atomic E-state index is -3.34. The Bertz CT molecular complexity index is 1260. The largest absolute Gasteiger partial charge is 0.381 e. The Balaban J connectivity index is 1.53. The zero-order valence-electron chi connectivity index (χ0n) is 19.4. The Morgan fingerprint density at radius 2 is 1.85 bits per heavy atom. The summed E-state index contributed by atoms with van der Waals surface area (Å²) < 4.78 is 27.0. The highest BCUT2D eigenvalue weighted by Crippen LogP contribution is 2.30. The molecule has 2 aromatic heterocycles. The number of hydrogen-bond acceptors (Lipinski definition) is 7. The SMILES string of the molecule is CCn1ncc2c(NC3CCC(N)CC3)c(C(=O)NCc3ccc(NS(C)(=O)=O)cc3)cnc21. The van der Waals surface area contributed by atoms with Crippen LogP contribution in [0.5, 0.6) is 0 Å². The fraction of sp³-hybridized carbons (Fsp3) is 0.435. The van der Waals surface area contributed by atoms with Gasteiger partial charge in [-0.3, -0.25) is 9.52 Å². The van der Waals surface area contributed by atoms with Crippen molar-refractivity contribution in [1.82, 2.24) is 20.1 Å². The fourth-order valence-electron chi connectivity index (χ4n) is 4.24. The molecule has 5 N–H and O–H groups in total. The first-order chi connectivity index (χ1) is 16.2. The number of aryl methyl sites for hydroxylation is 1. The van der Waals surface area contributed by atoms with Crippen LogP contribution >= 0.6 is 0 Å². The third-order valence-electron chi connectivity index (χ3n) is 6.04. The van der Waals surface area contributed by atoms with E-state index in [9.17, 15) is 13.2 Å². The van der Waals surface area contributed by atoms with Gasteiger partial charge in [-0.05, 0) is 50.3 Å². The number of benzene rings is 1. The van der Waals surface area contributed by atoms with Crippen LogP contribution in [0.15, 0.2) is 36.7 Å². The molecule has 11 heteroatoms. The van der Waals surface area contributed by atoms with Gasteiger partial charge in [0.2, 0.25) is 10.0 Å². The lowest BCUT2D eigenvalue weighted by Crippen LogP contribution is -2.33. The number of carbonyl (C=O) groups is 1. The minimum Gasteiger partial charge on any atom is -0.381 e. The molecule has 1 aliphatic rings. The van der Waals surface area contributed by atoms with Crippen LogP contribution in [0, 0.1) is 0 Å². The molecule has 34 heavy (non-hydrogen) atoms. The Morgan fingerprint density at radius 1 is 1.15 bits per heavy atom. The van der Waals surface area contributed by atoms with E-state index >= 15 is 0 Å². The predicted molar refractivity (Wildman–Crippen MR) is 133 cm³/mol. The van der Waals surface area contributed by atoms with Crippen molar-refractivity contribution in [3.8, 4) is 0 Å². The molecule has 0 bridgehead atoms. The average molecular weight is 486 g/mol. The first kappa shape index (κ1) is 24.0. The molecule has 0 radical (unpaired) electrons. The smallest absolute Gasteiger partial charge is 0.255 e. The predicted octanol–water partition coefficient (Wildman–Crippen LogP) is 2.43. The van der Waals surface area contributed by atoms with Crippen molar-refractivity contribution in [1.29, 1.82) is 0 Å². The van der Waals surface area contributed by atoms with E-state index < -0.39 is 10.0 Å². The molecule has 0 aliphatic heterocycles. The van der Waals surface area contributed by atoms with E-state index in [4.69, 9.17) is 5.73 Å². The molecule has 1 amide bonds. The maximum absolute atomic E-state index is 13.2. The Hall–Kier alpha value is -3.18. The van der Waals surface area contributed by atoms with Gasteiger partial charge in [0.05, 0.1) is 29.1 Å². The van der Waals surface area contributed by atoms with Crippen molar-refractivity contribution in [2.24, 2.45) is 5.73 Å². The van der Waals surface area contributed by atoms with Gasteiger partial charge >= 0.3 is 0 Å². The van der Waals surface area contributed by atoms with Crippen molar-refractivity contribution >= 4 is 38.3 Å². The molecule has 0 unspecified atom stereocenters. The van der Waals surface area contributed by atoms with Crippen molar-refractivity contribution in [3.63, 3.8) is 0 Å². The summed E-state index contributed by atoms with van der Waals surface area (Å²) in [5.41, 5.74) is 9.33. The van der Waals surface area contributed by atoms with Crippen molar-refractivity contribution < 1.29 is 13.2 Å². The molecular weight excluding hydrogens is 454 g/mol. The van der Waals surface area contributed by atoms with E-state index in [0.29, 0.717) is 24.3 Å². The first-order valence-corrected chi connectivity index (χ1v) is 13.3. The molecule has 0 spiro atoms. The van der Waals surface area contributed by atoms with Gasteiger partial charge in [-0.25, -0.2) is 18.1 Å². The van der Waals surface area contributed by atoms with E-state index in [1.54, 1.807) is 36.7 Å². The topological polar surface area (TPSA) is 144 Å². The summed E-state index contributed by atoms with van der Waals surface area (Å²) >= 11 is 0. The van der Waals surface area contributed by atoms with Gasteiger partial charge in [-0.2, -0.15) is 5.10 Å². The van der Waals surface area contributed by atoms with Gasteiger partial charge in [-0.1, -0.05) is 12.1 Å². The summed E-state index contributed by atoms with van der Waals surface area (Å²) in [4.78, 5) is 17.7. The lowest BCUT2D eigenvalue weighted by atomic mass is 9.91. The third kappa shape index (κ3) is 5.65. The van der Waals surface area contributed by atoms with Gasteiger partial charge < -0.3 is 16.4 Å². The maximum Gasteiger partial charge on any atom is 0.255 e. The molecular formula is C23H31N7O3S. The third-order valence-corrected chi connectivity index (χ3v) is 6.65. The lowest BCUT2D eigenvalue weighted by Gasteiger charge is -2.28. The number of fused-ring (bicyclic) bond motifs is 1. The van der Waals surface area contributed by atoms with Crippen LogP contribution in [-0.2, 0) is 23.1 Å². The number of hydrogen-bond donors (Lipinski definition) is 4. The zero-order valence-corrected chi connectivity index (χ0v) is 20.2. The summed E-state index contributed by atoms with van der Waals surface area (Å²) in [6.45, 7) is 2.98. The second kappa shape index (κ2) is 9.98. The number of rotatable bonds is 8. The number of amides is 1. The van der Waals surface area contributed by atoms with Crippen LogP contribution in [0.25, 0.3) is 11.0 Å². The van der Waals surface area contributed by atoms with Crippen molar-refractivity contribution in [2.75, 3.05) is 16.3 Å². The maximum atomic E-state index is 13.2. The highest BCUT2D eigenvalue weighted by molar-refractivity contribution is 7.92. The Morgan fingerprint density at radius 3 is 2.50 bits per heavy atom. The van der Waals surface area contributed by atoms with Crippen LogP contribution in [0.2, 0.25) is 0 Å². The van der Waals surface area contributed by atoms with E-state index in [1.165, 1.54) is 0 Å². The molecule has 1 aromatic carbocycles. The van der Waals surface area contributed by atoms with E-state index in [-0.39, 0.29) is 18.0 Å². The van der Waals surface area contributed by atoms with Gasteiger partial charge in [0.15, 0.2) is 5.65 Å². The molecule has 3 aromatic rings. The average Bonchev–Trinajstić information content (AvgIpc) is 3.23. The van der Waals surface area contributed by atoms with Crippen LogP contribution in [-0.4, -0.2) is 47.4 Å². The highest BCUT2D eigenvalue weighted by atomic mass is 32.2. The van der Waals surface area contributed by atoms with Gasteiger partial charge in [0, 0.05) is 37.1 Å². The summed E-state index contributed by atoms with van der Waals surface area (Å²) in [5.74, 6) is -0.244. The van der Waals surface area contributed by atoms with Gasteiger partial charge in [-0.15, -0.1) is 0 Å². The normalized spacial score (nSPS) is 18.6. The number of aromatic nitrogens is 3. The Labute approximate surface area is 199 Å². The van der Waals surface area contributed by atoms with E-state index in [1.807, 2.05) is 11.6 Å². The fourth-order valence-corrected chi connectivity index (χ4v) is 4.80. The van der Waals surface area contributed by atoms with Crippen molar-refractivity contribution in [3.05, 3.63) is 47.8 Å². The summed E-state index contributed by atoms with van der Waals surface area (Å²) in [7, 11) is -3.34. The van der Waals surface area contributed by atoms with E-state index in [2.05, 4.69) is 25.4 Å². The monoisotopic (exact) mass is 485 g/mol. The second-order valence-electron chi connectivity index (χ2n) is 8.75. The van der Waals surface area contributed by atoms with Crippen LogP contribution < -0.4 is 21.1 Å². The van der Waals surface area contributed by atoms with E-state index in [0.717, 1.165) is 54.2 Å². The van der Waals surface area contributed by atoms with Crippen LogP contribution in [0.4, 0.5) is 11.4 Å². The molecule has 182 valence electrons. The Kier molecular flexibility index (Phi) is 7.03. The van der Waals surface area contributed by atoms with Crippen LogP contribution in [0.1, 0.15) is 48.5 Å². The molecule has 2 heterocycles. The molecule has 0 saturated heterocycles. The summed E-state index contributed by atoms with van der Waals surface area (Å²) in [6.07, 6.45) is 8.25. The molecule has 1 saturated carbocycles. The number of sulfonamides is 1. The number of nitrogens with zero attached hydrogens (tertiary/aromatic N) is 3. The number of nitrogens with two attached hydrogens (primary N) is 1. The number of anilines is 2. The molecule has 10 nitrogen and oxygen atoms in total. The number of pyridine rings is 1. The molecule has 1 fully saturated rings. The van der Waals surface area contributed by atoms with Gasteiger partial charge in [0.25, 0.3) is 5.91 Å². The quantitative estimate of drug-likeness (QED) is 0.383. The standard InChI is InChI=1S/C23H31N7O3S/c1-3-30-22-19(14-27-30)21(28-17-10-6-16(24)7-11-17)20(13-25-22)23(31)26-12-15-4-8-18(9-5-15)29-34(2,32)33/h4-5,8-9,13-14,16-17,29H,3,6-7,10-12,24H2,1-2H3,(H,25,28)(H,26,31). The number of nitrogens with one attached hydrogen (secondary N) is 3. The van der Waals surface area contributed by atoms with Crippen LogP contribution in [0.3, 0.4) is 0 Å². The number of carbonyl (C=O) groups excluding carboxylic acids is 1. The van der Waals surface area contributed by atoms with Gasteiger partial charge in [0.1, 0.15) is 0 Å². The summed E-state index contributed by atoms with van der Waals surface area (Å²) in [6, 6.07) is 7.33. The lowest BCUT2D eigenvalue weighted by molar-refractivity contribution is 0.0951.